The van der Waals surface area contributed by atoms with Gasteiger partial charge in [0.2, 0.25) is 0 Å². The number of rotatable bonds is 6. The molecule has 10 aromatic carbocycles. The van der Waals surface area contributed by atoms with Gasteiger partial charge >= 0.3 is 0 Å². The van der Waals surface area contributed by atoms with Crippen LogP contribution in [0.5, 0.6) is 0 Å². The number of hydrogen-bond donors (Lipinski definition) is 0. The number of furan rings is 2. The fourth-order valence-corrected chi connectivity index (χ4v) is 11.9. The molecule has 0 unspecified atom stereocenters. The van der Waals surface area contributed by atoms with Gasteiger partial charge in [0.15, 0.2) is 17.5 Å². The van der Waals surface area contributed by atoms with Crippen LogP contribution in [0.4, 0.5) is 0 Å². The number of para-hydroxylation sites is 3. The van der Waals surface area contributed by atoms with Gasteiger partial charge in [0, 0.05) is 80.4 Å². The molecule has 5 aromatic heterocycles. The third-order valence-electron chi connectivity index (χ3n) is 13.8. The van der Waals surface area contributed by atoms with E-state index in [4.69, 9.17) is 23.8 Å². The van der Waals surface area contributed by atoms with Gasteiger partial charge in [-0.15, -0.1) is 11.3 Å². The summed E-state index contributed by atoms with van der Waals surface area (Å²) in [6, 6.07) is 76.6. The average Bonchev–Trinajstić information content (AvgIpc) is 4.20. The predicted molar refractivity (Wildman–Crippen MR) is 289 cm³/mol. The van der Waals surface area contributed by atoms with E-state index < -0.39 is 0 Å². The van der Waals surface area contributed by atoms with E-state index in [9.17, 15) is 0 Å². The predicted octanol–water partition coefficient (Wildman–Crippen LogP) is 17.5. The second-order valence-electron chi connectivity index (χ2n) is 17.8. The molecule has 0 fully saturated rings. The first-order valence-electron chi connectivity index (χ1n) is 23.4. The second-order valence-corrected chi connectivity index (χ2v) is 18.9. The summed E-state index contributed by atoms with van der Waals surface area (Å²) in [5, 5.41) is 9.11. The third kappa shape index (κ3) is 5.89. The second kappa shape index (κ2) is 15.2. The molecule has 0 amide bonds. The first-order valence-corrected chi connectivity index (χ1v) is 24.2. The van der Waals surface area contributed by atoms with Crippen LogP contribution in [0, 0.1) is 0 Å². The van der Waals surface area contributed by atoms with Gasteiger partial charge in [-0.2, -0.15) is 0 Å². The fraction of sp³-hybridized carbons (Fsp3) is 0. The highest BCUT2D eigenvalue weighted by atomic mass is 32.1. The van der Waals surface area contributed by atoms with Crippen LogP contribution < -0.4 is 0 Å². The average molecular weight is 913 g/mol. The zero-order valence-electron chi connectivity index (χ0n) is 37.3. The Kier molecular flexibility index (Phi) is 8.43. The highest BCUT2D eigenvalue weighted by Gasteiger charge is 2.24. The van der Waals surface area contributed by atoms with Gasteiger partial charge in [0.05, 0.1) is 11.0 Å². The van der Waals surface area contributed by atoms with Crippen molar-refractivity contribution in [2.45, 2.75) is 0 Å². The Morgan fingerprint density at radius 3 is 1.80 bits per heavy atom. The molecule has 70 heavy (non-hydrogen) atoms. The lowest BCUT2D eigenvalue weighted by Gasteiger charge is -2.12. The maximum Gasteiger partial charge on any atom is 0.164 e. The van der Waals surface area contributed by atoms with E-state index in [0.717, 1.165) is 94.0 Å². The molecule has 0 N–H and O–H groups in total. The number of thiophene rings is 1. The summed E-state index contributed by atoms with van der Waals surface area (Å²) >= 11 is 1.86. The highest BCUT2D eigenvalue weighted by molar-refractivity contribution is 7.26. The van der Waals surface area contributed by atoms with Gasteiger partial charge in [0.25, 0.3) is 0 Å². The molecule has 15 rings (SSSR count). The molecule has 326 valence electrons. The van der Waals surface area contributed by atoms with Crippen LogP contribution in [0.1, 0.15) is 0 Å². The van der Waals surface area contributed by atoms with Crippen molar-refractivity contribution in [3.8, 4) is 62.1 Å². The summed E-state index contributed by atoms with van der Waals surface area (Å²) in [6.45, 7) is 0. The Balaban J connectivity index is 0.966. The van der Waals surface area contributed by atoms with E-state index in [0.29, 0.717) is 17.5 Å². The van der Waals surface area contributed by atoms with Crippen LogP contribution >= 0.6 is 11.3 Å². The molecule has 0 radical (unpaired) electrons. The number of hydrogen-bond acceptors (Lipinski definition) is 6. The molecule has 0 bridgehead atoms. The molecule has 0 saturated carbocycles. The van der Waals surface area contributed by atoms with E-state index in [1.807, 2.05) is 72.0 Å². The number of benzene rings is 10. The molecule has 0 saturated heterocycles. The Morgan fingerprint density at radius 1 is 0.329 bits per heavy atom. The lowest BCUT2D eigenvalue weighted by Crippen LogP contribution is -2.00. The first kappa shape index (κ1) is 38.9. The molecule has 15 aromatic rings. The maximum atomic E-state index is 6.70. The minimum atomic E-state index is 0.543. The molecule has 6 nitrogen and oxygen atoms in total. The van der Waals surface area contributed by atoms with Crippen molar-refractivity contribution in [3.05, 3.63) is 218 Å². The normalized spacial score (nSPS) is 12.0. The number of aromatic nitrogens is 4. The van der Waals surface area contributed by atoms with Gasteiger partial charge in [-0.25, -0.2) is 15.0 Å². The van der Waals surface area contributed by atoms with E-state index >= 15 is 0 Å². The van der Waals surface area contributed by atoms with Crippen LogP contribution in [0.2, 0.25) is 0 Å². The van der Waals surface area contributed by atoms with Crippen LogP contribution in [-0.2, 0) is 0 Å². The maximum absolute atomic E-state index is 6.70. The van der Waals surface area contributed by atoms with E-state index in [2.05, 4.69) is 162 Å². The van der Waals surface area contributed by atoms with Crippen molar-refractivity contribution in [3.63, 3.8) is 0 Å². The largest absolute Gasteiger partial charge is 0.456 e. The molecular weight excluding hydrogens is 877 g/mol. The first-order chi connectivity index (χ1) is 34.7. The van der Waals surface area contributed by atoms with Crippen molar-refractivity contribution in [1.29, 1.82) is 0 Å². The molecule has 7 heteroatoms. The van der Waals surface area contributed by atoms with Crippen LogP contribution in [0.15, 0.2) is 227 Å². The molecule has 5 heterocycles. The lowest BCUT2D eigenvalue weighted by atomic mass is 9.96. The summed E-state index contributed by atoms with van der Waals surface area (Å²) in [7, 11) is 0. The third-order valence-corrected chi connectivity index (χ3v) is 15.0. The Labute approximate surface area is 404 Å². The van der Waals surface area contributed by atoms with Gasteiger partial charge < -0.3 is 13.4 Å². The van der Waals surface area contributed by atoms with Gasteiger partial charge in [-0.3, -0.25) is 0 Å². The van der Waals surface area contributed by atoms with Gasteiger partial charge in [0.1, 0.15) is 22.3 Å². The number of fused-ring (bicyclic) bond motifs is 13. The summed E-state index contributed by atoms with van der Waals surface area (Å²) in [6.07, 6.45) is 0. The standard InChI is InChI=1S/C63H36N4O2S/c1-4-16-37(17-5-1)47-35-40(36-53-56(47)43-22-10-12-27-50(43)69-53)62-64-61(38-18-6-2-7-19-38)65-63(66-62)46-26-15-28-52-57(46)48-34-39(30-32-51(48)68-52)42-24-14-25-45-58-49(67(60(42)45)41-20-8-3-9-21-41)31-33-55-59(58)44-23-11-13-29-54(44)70-55/h1-36H. The minimum absolute atomic E-state index is 0.543. The molecule has 0 aliphatic carbocycles. The Morgan fingerprint density at radius 2 is 0.957 bits per heavy atom. The zero-order valence-corrected chi connectivity index (χ0v) is 38.1. The van der Waals surface area contributed by atoms with Crippen molar-refractivity contribution in [2.75, 3.05) is 0 Å². The quantitative estimate of drug-likeness (QED) is 0.166. The Hall–Kier alpha value is -9.17. The highest BCUT2D eigenvalue weighted by Crippen LogP contribution is 2.47. The van der Waals surface area contributed by atoms with Gasteiger partial charge in [-0.1, -0.05) is 152 Å². The van der Waals surface area contributed by atoms with Crippen molar-refractivity contribution < 1.29 is 8.83 Å². The van der Waals surface area contributed by atoms with Crippen LogP contribution in [0.25, 0.3) is 148 Å². The molecule has 0 atom stereocenters. The van der Waals surface area contributed by atoms with Crippen LogP contribution in [0.3, 0.4) is 0 Å². The molecular formula is C63H36N4O2S. The van der Waals surface area contributed by atoms with E-state index in [1.165, 1.54) is 36.5 Å². The smallest absolute Gasteiger partial charge is 0.164 e. The lowest BCUT2D eigenvalue weighted by molar-refractivity contribution is 0.668. The van der Waals surface area contributed by atoms with Crippen molar-refractivity contribution in [1.82, 2.24) is 19.5 Å². The summed E-state index contributed by atoms with van der Waals surface area (Å²) in [4.78, 5) is 15.8. The van der Waals surface area contributed by atoms with Crippen molar-refractivity contribution in [2.24, 2.45) is 0 Å². The zero-order chi connectivity index (χ0) is 45.9. The van der Waals surface area contributed by atoms with Crippen molar-refractivity contribution >= 4 is 97.2 Å². The molecule has 0 aliphatic rings. The molecule has 0 aliphatic heterocycles. The fourth-order valence-electron chi connectivity index (χ4n) is 10.8. The van der Waals surface area contributed by atoms with Gasteiger partial charge in [-0.05, 0) is 83.4 Å². The summed E-state index contributed by atoms with van der Waals surface area (Å²) < 4.78 is 18.3. The topological polar surface area (TPSA) is 69.9 Å². The number of nitrogens with zero attached hydrogens (tertiary/aromatic N) is 4. The monoisotopic (exact) mass is 912 g/mol. The van der Waals surface area contributed by atoms with E-state index in [-0.39, 0.29) is 0 Å². The minimum Gasteiger partial charge on any atom is -0.456 e. The molecule has 0 spiro atoms. The van der Waals surface area contributed by atoms with Crippen LogP contribution in [-0.4, -0.2) is 19.5 Å². The Bertz CT molecular complexity index is 4590. The SMILES string of the molecule is c1ccc(-c2nc(-c3cc(-c4ccccc4)c4c(c3)oc3ccccc34)nc(-c3cccc4oc5ccc(-c6cccc7c8c9c(ccc8n(-c8ccccc8)c67)sc6ccccc69)cc5c34)n2)cc1. The summed E-state index contributed by atoms with van der Waals surface area (Å²) in [5.41, 5.74) is 13.5. The van der Waals surface area contributed by atoms with E-state index in [1.54, 1.807) is 0 Å². The summed E-state index contributed by atoms with van der Waals surface area (Å²) in [5.74, 6) is 1.67.